The van der Waals surface area contributed by atoms with E-state index < -0.39 is 6.03 Å². The van der Waals surface area contributed by atoms with Crippen molar-refractivity contribution in [3.8, 4) is 0 Å². The van der Waals surface area contributed by atoms with Crippen LogP contribution in [0, 0.1) is 20.8 Å². The highest BCUT2D eigenvalue weighted by Gasteiger charge is 2.10. The number of urea groups is 1. The van der Waals surface area contributed by atoms with Gasteiger partial charge in [0, 0.05) is 11.1 Å². The third-order valence-electron chi connectivity index (χ3n) is 4.39. The van der Waals surface area contributed by atoms with Crippen LogP contribution in [0.2, 0.25) is 0 Å². The van der Waals surface area contributed by atoms with Crippen LogP contribution in [-0.4, -0.2) is 18.5 Å². The van der Waals surface area contributed by atoms with Crippen molar-refractivity contribution in [1.82, 2.24) is 5.32 Å². The lowest BCUT2D eigenvalue weighted by Gasteiger charge is -2.14. The van der Waals surface area contributed by atoms with E-state index in [0.29, 0.717) is 5.69 Å². The van der Waals surface area contributed by atoms with Gasteiger partial charge >= 0.3 is 6.03 Å². The number of amides is 3. The molecule has 3 aromatic carbocycles. The van der Waals surface area contributed by atoms with Crippen LogP contribution in [0.3, 0.4) is 0 Å². The Labute approximate surface area is 158 Å². The van der Waals surface area contributed by atoms with Gasteiger partial charge in [-0.3, -0.25) is 4.79 Å². The molecule has 0 fully saturated rings. The third kappa shape index (κ3) is 4.44. The summed E-state index contributed by atoms with van der Waals surface area (Å²) in [5, 5.41) is 10.3. The molecule has 0 spiro atoms. The van der Waals surface area contributed by atoms with Crippen LogP contribution in [0.15, 0.2) is 54.6 Å². The van der Waals surface area contributed by atoms with Crippen molar-refractivity contribution >= 4 is 34.1 Å². The second-order valence-electron chi connectivity index (χ2n) is 6.66. The predicted octanol–water partition coefficient (Wildman–Crippen LogP) is 4.53. The highest BCUT2D eigenvalue weighted by atomic mass is 16.2. The summed E-state index contributed by atoms with van der Waals surface area (Å²) in [4.78, 5) is 24.4. The quantitative estimate of drug-likeness (QED) is 0.639. The Kier molecular flexibility index (Phi) is 5.41. The van der Waals surface area contributed by atoms with Gasteiger partial charge < -0.3 is 16.0 Å². The van der Waals surface area contributed by atoms with E-state index in [1.54, 1.807) is 0 Å². The van der Waals surface area contributed by atoms with Gasteiger partial charge in [0.15, 0.2) is 0 Å². The zero-order valence-corrected chi connectivity index (χ0v) is 15.7. The molecule has 0 unspecified atom stereocenters. The first-order chi connectivity index (χ1) is 12.9. The molecule has 0 aliphatic carbocycles. The Bertz CT molecular complexity index is 983. The molecule has 3 rings (SSSR count). The maximum absolute atomic E-state index is 12.2. The molecule has 0 aromatic heterocycles. The van der Waals surface area contributed by atoms with Gasteiger partial charge in [0.05, 0.1) is 12.2 Å². The van der Waals surface area contributed by atoms with Gasteiger partial charge in [-0.25, -0.2) is 4.79 Å². The molecule has 3 N–H and O–H groups in total. The summed E-state index contributed by atoms with van der Waals surface area (Å²) in [6.07, 6.45) is 0. The number of rotatable bonds is 4. The Morgan fingerprint density at radius 1 is 0.852 bits per heavy atom. The van der Waals surface area contributed by atoms with E-state index in [-0.39, 0.29) is 12.5 Å². The van der Waals surface area contributed by atoms with Gasteiger partial charge in [0.2, 0.25) is 5.91 Å². The van der Waals surface area contributed by atoms with Crippen LogP contribution in [0.1, 0.15) is 16.7 Å². The average molecular weight is 361 g/mol. The second-order valence-corrected chi connectivity index (χ2v) is 6.66. The molecule has 5 nitrogen and oxygen atoms in total. The van der Waals surface area contributed by atoms with Crippen molar-refractivity contribution in [3.63, 3.8) is 0 Å². The van der Waals surface area contributed by atoms with Crippen LogP contribution < -0.4 is 16.0 Å². The number of anilines is 2. The van der Waals surface area contributed by atoms with Crippen molar-refractivity contribution in [3.05, 3.63) is 71.3 Å². The fourth-order valence-corrected chi connectivity index (χ4v) is 3.22. The minimum Gasteiger partial charge on any atom is -0.329 e. The van der Waals surface area contributed by atoms with E-state index >= 15 is 0 Å². The maximum atomic E-state index is 12.2. The molecule has 0 saturated carbocycles. The normalized spacial score (nSPS) is 10.5. The summed E-state index contributed by atoms with van der Waals surface area (Å²) in [6.45, 7) is 5.82. The van der Waals surface area contributed by atoms with Gasteiger partial charge in [-0.1, -0.05) is 54.1 Å². The topological polar surface area (TPSA) is 70.2 Å². The minimum atomic E-state index is -0.418. The molecule has 0 saturated heterocycles. The summed E-state index contributed by atoms with van der Waals surface area (Å²) < 4.78 is 0. The van der Waals surface area contributed by atoms with Gasteiger partial charge in [-0.05, 0) is 43.4 Å². The van der Waals surface area contributed by atoms with Crippen molar-refractivity contribution in [1.29, 1.82) is 0 Å². The highest BCUT2D eigenvalue weighted by molar-refractivity contribution is 6.03. The zero-order valence-electron chi connectivity index (χ0n) is 15.7. The zero-order chi connectivity index (χ0) is 19.4. The smallest absolute Gasteiger partial charge is 0.319 e. The lowest BCUT2D eigenvalue weighted by atomic mass is 10.1. The van der Waals surface area contributed by atoms with Gasteiger partial charge in [-0.2, -0.15) is 0 Å². The number of aryl methyl sites for hydroxylation is 3. The molecular formula is C22H23N3O2. The van der Waals surface area contributed by atoms with Crippen LogP contribution in [-0.2, 0) is 4.79 Å². The Morgan fingerprint density at radius 3 is 2.26 bits per heavy atom. The fraction of sp³-hybridized carbons (Fsp3) is 0.182. The van der Waals surface area contributed by atoms with Gasteiger partial charge in [0.25, 0.3) is 0 Å². The van der Waals surface area contributed by atoms with E-state index in [0.717, 1.165) is 33.2 Å². The number of hydrogen-bond acceptors (Lipinski definition) is 2. The Morgan fingerprint density at radius 2 is 1.52 bits per heavy atom. The highest BCUT2D eigenvalue weighted by Crippen LogP contribution is 2.23. The standard InChI is InChI=1S/C22H23N3O2/c1-14-11-15(2)21(16(3)12-14)25-20(26)13-23-22(27)24-19-10-6-8-17-7-4-5-9-18(17)19/h4-12H,13H2,1-3H3,(H,25,26)(H2,23,24,27). The van der Waals surface area contributed by atoms with Crippen LogP contribution in [0.5, 0.6) is 0 Å². The number of carbonyl (C=O) groups excluding carboxylic acids is 2. The molecule has 0 aliphatic rings. The van der Waals surface area contributed by atoms with Crippen LogP contribution >= 0.6 is 0 Å². The Hall–Kier alpha value is -3.34. The number of benzene rings is 3. The molecular weight excluding hydrogens is 338 g/mol. The van der Waals surface area contributed by atoms with Gasteiger partial charge in [-0.15, -0.1) is 0 Å². The molecule has 0 radical (unpaired) electrons. The lowest BCUT2D eigenvalue weighted by Crippen LogP contribution is -2.36. The van der Waals surface area contributed by atoms with Gasteiger partial charge in [0.1, 0.15) is 0 Å². The van der Waals surface area contributed by atoms with Crippen LogP contribution in [0.4, 0.5) is 16.2 Å². The number of hydrogen-bond donors (Lipinski definition) is 3. The first-order valence-electron chi connectivity index (χ1n) is 8.84. The summed E-state index contributed by atoms with van der Waals surface area (Å²) in [5.74, 6) is -0.266. The second kappa shape index (κ2) is 7.91. The van der Waals surface area contributed by atoms with Crippen molar-refractivity contribution in [2.24, 2.45) is 0 Å². The monoisotopic (exact) mass is 361 g/mol. The third-order valence-corrected chi connectivity index (χ3v) is 4.39. The SMILES string of the molecule is Cc1cc(C)c(NC(=O)CNC(=O)Nc2cccc3ccccc23)c(C)c1. The van der Waals surface area contributed by atoms with Crippen LogP contribution in [0.25, 0.3) is 10.8 Å². The molecule has 27 heavy (non-hydrogen) atoms. The largest absolute Gasteiger partial charge is 0.329 e. The molecule has 0 aliphatic heterocycles. The first-order valence-corrected chi connectivity index (χ1v) is 8.84. The molecule has 5 heteroatoms. The van der Waals surface area contributed by atoms with E-state index in [4.69, 9.17) is 0 Å². The fourth-order valence-electron chi connectivity index (χ4n) is 3.22. The summed E-state index contributed by atoms with van der Waals surface area (Å²) in [7, 11) is 0. The Balaban J connectivity index is 1.60. The first kappa shape index (κ1) is 18.5. The van der Waals surface area contributed by atoms with E-state index in [9.17, 15) is 9.59 Å². The van der Waals surface area contributed by atoms with Crippen molar-refractivity contribution < 1.29 is 9.59 Å². The minimum absolute atomic E-state index is 0.108. The van der Waals surface area contributed by atoms with E-state index in [1.165, 1.54) is 0 Å². The molecule has 0 atom stereocenters. The average Bonchev–Trinajstić information content (AvgIpc) is 2.63. The lowest BCUT2D eigenvalue weighted by molar-refractivity contribution is -0.115. The summed E-state index contributed by atoms with van der Waals surface area (Å²) in [5.41, 5.74) is 4.65. The molecule has 0 heterocycles. The maximum Gasteiger partial charge on any atom is 0.319 e. The predicted molar refractivity (Wildman–Crippen MR) is 110 cm³/mol. The molecule has 138 valence electrons. The van der Waals surface area contributed by atoms with Crippen molar-refractivity contribution in [2.75, 3.05) is 17.2 Å². The molecule has 3 amide bonds. The number of nitrogens with one attached hydrogen (secondary N) is 3. The molecule has 0 bridgehead atoms. The summed E-state index contributed by atoms with van der Waals surface area (Å²) >= 11 is 0. The number of fused-ring (bicyclic) bond motifs is 1. The van der Waals surface area contributed by atoms with Crippen molar-refractivity contribution in [2.45, 2.75) is 20.8 Å². The van der Waals surface area contributed by atoms with E-state index in [2.05, 4.69) is 16.0 Å². The molecule has 3 aromatic rings. The van der Waals surface area contributed by atoms with E-state index in [1.807, 2.05) is 75.4 Å². The summed E-state index contributed by atoms with van der Waals surface area (Å²) in [6, 6.07) is 17.1. The number of carbonyl (C=O) groups is 2.